The summed E-state index contributed by atoms with van der Waals surface area (Å²) in [4.78, 5) is 65.0. The number of ether oxygens (including phenoxy) is 4. The van der Waals surface area contributed by atoms with E-state index >= 15 is 0 Å². The topological polar surface area (TPSA) is 172 Å². The number of ketones is 1. The number of urea groups is 1. The molecule has 4 fully saturated rings. The third-order valence-electron chi connectivity index (χ3n) is 14.8. The smallest absolute Gasteiger partial charge is 0.330 e. The van der Waals surface area contributed by atoms with E-state index in [-0.39, 0.29) is 56.6 Å². The second-order valence-electron chi connectivity index (χ2n) is 19.7. The van der Waals surface area contributed by atoms with Crippen molar-refractivity contribution in [2.45, 2.75) is 90.2 Å². The number of nitrogens with two attached hydrogens (primary N) is 1. The zero-order valence-corrected chi connectivity index (χ0v) is 41.2. The minimum Gasteiger partial charge on any atom is -0.496 e. The lowest BCUT2D eigenvalue weighted by Gasteiger charge is -2.51. The van der Waals surface area contributed by atoms with E-state index < -0.39 is 35.8 Å². The molecular weight excluding hydrogens is 906 g/mol. The molecule has 3 amide bonds. The Hall–Kier alpha value is -6.40. The molecule has 4 aromatic carbocycles. The third kappa shape index (κ3) is 11.4. The summed E-state index contributed by atoms with van der Waals surface area (Å²) >= 11 is 7.25. The number of esters is 2. The minimum absolute atomic E-state index is 0.0162. The quantitative estimate of drug-likeness (QED) is 0.0318. The fourth-order valence-electron chi connectivity index (χ4n) is 11.5. The molecule has 13 heteroatoms. The van der Waals surface area contributed by atoms with Crippen molar-refractivity contribution in [1.82, 2.24) is 10.6 Å². The molecular formula is C57H64ClN3O9. The molecule has 4 N–H and O–H groups in total. The van der Waals surface area contributed by atoms with Crippen molar-refractivity contribution < 1.29 is 42.9 Å². The second kappa shape index (κ2) is 22.6. The summed E-state index contributed by atoms with van der Waals surface area (Å²) in [6, 6.07) is 25.9. The van der Waals surface area contributed by atoms with Gasteiger partial charge in [-0.15, -0.1) is 0 Å². The van der Waals surface area contributed by atoms with Gasteiger partial charge in [0.15, 0.2) is 5.78 Å². The lowest BCUT2D eigenvalue weighted by atomic mass is 9.54. The van der Waals surface area contributed by atoms with Crippen LogP contribution in [0.2, 0.25) is 5.02 Å². The maximum atomic E-state index is 14.0. The summed E-state index contributed by atoms with van der Waals surface area (Å²) in [6.07, 6.45) is 9.51. The Morgan fingerprint density at radius 3 is 2.03 bits per heavy atom. The van der Waals surface area contributed by atoms with Gasteiger partial charge in [0, 0.05) is 36.1 Å². The molecule has 0 aliphatic heterocycles. The Labute approximate surface area is 415 Å². The van der Waals surface area contributed by atoms with Crippen LogP contribution in [-0.4, -0.2) is 63.1 Å². The molecule has 70 heavy (non-hydrogen) atoms. The summed E-state index contributed by atoms with van der Waals surface area (Å²) in [5.74, 6) is 0.993. The Bertz CT molecular complexity index is 2580. The third-order valence-corrected chi connectivity index (χ3v) is 15.2. The normalized spacial score (nSPS) is 19.5. The van der Waals surface area contributed by atoms with Crippen molar-refractivity contribution in [2.24, 2.45) is 41.2 Å². The molecule has 4 aromatic rings. The van der Waals surface area contributed by atoms with Gasteiger partial charge in [0.1, 0.15) is 24.7 Å². The van der Waals surface area contributed by atoms with Gasteiger partial charge in [0.05, 0.1) is 37.6 Å². The number of hydrogen-bond acceptors (Lipinski definition) is 9. The van der Waals surface area contributed by atoms with Crippen molar-refractivity contribution in [2.75, 3.05) is 27.4 Å². The lowest BCUT2D eigenvalue weighted by Crippen LogP contribution is -2.46. The van der Waals surface area contributed by atoms with Gasteiger partial charge in [-0.05, 0) is 126 Å². The van der Waals surface area contributed by atoms with Gasteiger partial charge >= 0.3 is 18.0 Å². The van der Waals surface area contributed by atoms with Crippen LogP contribution in [0.3, 0.4) is 0 Å². The summed E-state index contributed by atoms with van der Waals surface area (Å²) in [5, 5.41) is 5.89. The van der Waals surface area contributed by atoms with Crippen LogP contribution in [0, 0.1) is 35.5 Å². The fraction of sp³-hybridized carbons (Fsp3) is 0.421. The Morgan fingerprint density at radius 1 is 0.800 bits per heavy atom. The first-order chi connectivity index (χ1) is 33.8. The number of fused-ring (bicyclic) bond motifs is 3. The highest BCUT2D eigenvalue weighted by molar-refractivity contribution is 6.34. The van der Waals surface area contributed by atoms with Gasteiger partial charge in [-0.1, -0.05) is 104 Å². The van der Waals surface area contributed by atoms with Crippen LogP contribution in [0.1, 0.15) is 105 Å². The molecule has 9 rings (SSSR count). The molecule has 12 nitrogen and oxygen atoms in total. The van der Waals surface area contributed by atoms with Crippen molar-refractivity contribution in [3.05, 3.63) is 135 Å². The van der Waals surface area contributed by atoms with E-state index in [1.807, 2.05) is 74.5 Å². The van der Waals surface area contributed by atoms with Gasteiger partial charge in [0.2, 0.25) is 5.91 Å². The Balaban J connectivity index is 0.928. The Morgan fingerprint density at radius 2 is 1.43 bits per heavy atom. The molecule has 0 unspecified atom stereocenters. The first-order valence-corrected chi connectivity index (χ1v) is 25.0. The number of carbonyl (C=O) groups is 5. The number of rotatable bonds is 21. The molecule has 4 bridgehead atoms. The van der Waals surface area contributed by atoms with Gasteiger partial charge in [-0.3, -0.25) is 14.4 Å². The van der Waals surface area contributed by atoms with E-state index in [9.17, 15) is 24.0 Å². The van der Waals surface area contributed by atoms with Crippen LogP contribution in [-0.2, 0) is 46.4 Å². The molecule has 0 radical (unpaired) electrons. The number of halogens is 1. The highest BCUT2D eigenvalue weighted by atomic mass is 35.5. The lowest BCUT2D eigenvalue weighted by molar-refractivity contribution is -0.148. The minimum atomic E-state index is -0.898. The van der Waals surface area contributed by atoms with Gasteiger partial charge < -0.3 is 35.3 Å². The van der Waals surface area contributed by atoms with E-state index in [0.29, 0.717) is 34.6 Å². The van der Waals surface area contributed by atoms with Crippen LogP contribution in [0.25, 0.3) is 23.0 Å². The van der Waals surface area contributed by atoms with Gasteiger partial charge in [-0.2, -0.15) is 0 Å². The number of allylic oxidation sites excluding steroid dienone is 1. The molecule has 0 saturated heterocycles. The van der Waals surface area contributed by atoms with E-state index in [2.05, 4.69) is 34.9 Å². The molecule has 2 atom stereocenters. The number of nitrogens with one attached hydrogen (secondary N) is 2. The number of Topliss-reactive ketones (excluding diaryl/α,β-unsaturated/α-hetero) is 1. The average molecular weight is 971 g/mol. The zero-order chi connectivity index (χ0) is 49.5. The van der Waals surface area contributed by atoms with Crippen molar-refractivity contribution in [3.63, 3.8) is 0 Å². The summed E-state index contributed by atoms with van der Waals surface area (Å²) in [6.45, 7) is 4.22. The highest BCUT2D eigenvalue weighted by Gasteiger charge is 2.47. The molecule has 5 aliphatic carbocycles. The number of benzene rings is 4. The maximum Gasteiger partial charge on any atom is 0.330 e. The molecule has 0 heterocycles. The molecule has 0 spiro atoms. The van der Waals surface area contributed by atoms with Crippen molar-refractivity contribution in [1.29, 1.82) is 0 Å². The summed E-state index contributed by atoms with van der Waals surface area (Å²) in [7, 11) is 3.02. The van der Waals surface area contributed by atoms with Crippen molar-refractivity contribution >= 4 is 53.1 Å². The fourth-order valence-corrected chi connectivity index (χ4v) is 11.8. The van der Waals surface area contributed by atoms with E-state index in [1.54, 1.807) is 13.2 Å². The van der Waals surface area contributed by atoms with Crippen LogP contribution in [0.5, 0.6) is 5.75 Å². The van der Waals surface area contributed by atoms with Crippen LogP contribution >= 0.6 is 11.6 Å². The molecule has 0 aromatic heterocycles. The number of carbonyl (C=O) groups excluding carboxylic acids is 5. The number of amides is 3. The van der Waals surface area contributed by atoms with E-state index in [0.717, 1.165) is 56.5 Å². The standard InChI is InChI=1S/C57H64ClN3O9/c1-33(2)46(30-51(64)69-32-47-43-12-7-5-10-41(43)42-11-6-8-13-44(42)47)56(65)61-48(14-9-23-60-57(59)66)49(62)29-34-15-17-35(18-16-34)31-70-54-38(20-22-50(63)67-3)19-21-45(53(54)58)55(68-4)52-39-25-36-24-37(27-39)28-40(52)26-36/h5-8,10-13,15-22,33,36-37,39-40,46-48H,9,14,23-32H2,1-4H3,(H,61,65)(H3,59,60,66)/b22-20+,55-52?/t36?,37?,39?,40?,46-,48+/m0/s1. The van der Waals surface area contributed by atoms with Crippen LogP contribution < -0.4 is 21.1 Å². The predicted molar refractivity (Wildman–Crippen MR) is 269 cm³/mol. The second-order valence-corrected chi connectivity index (χ2v) is 20.1. The summed E-state index contributed by atoms with van der Waals surface area (Å²) in [5.41, 5.74) is 14.0. The largest absolute Gasteiger partial charge is 0.496 e. The zero-order valence-electron chi connectivity index (χ0n) is 40.5. The number of primary amides is 1. The van der Waals surface area contributed by atoms with E-state index in [4.69, 9.17) is 36.3 Å². The first kappa shape index (κ1) is 50.0. The van der Waals surface area contributed by atoms with Gasteiger partial charge in [0.25, 0.3) is 0 Å². The Kier molecular flexibility index (Phi) is 16.1. The first-order valence-electron chi connectivity index (χ1n) is 24.6. The monoisotopic (exact) mass is 969 g/mol. The van der Waals surface area contributed by atoms with Gasteiger partial charge in [-0.25, -0.2) is 9.59 Å². The van der Waals surface area contributed by atoms with E-state index in [1.165, 1.54) is 50.9 Å². The summed E-state index contributed by atoms with van der Waals surface area (Å²) < 4.78 is 23.4. The SMILES string of the molecule is COC(=O)/C=C/c1ccc(C(OC)=C2C3CC4CC(C3)CC2C4)c(Cl)c1OCc1ccc(CC(=O)[C@@H](CCCNC(N)=O)NC(=O)[C@@H](CC(=O)OCC2c3ccccc3-c3ccccc32)C(C)C)cc1. The maximum absolute atomic E-state index is 14.0. The molecule has 4 saturated carbocycles. The molecule has 5 aliphatic rings. The molecule has 368 valence electrons. The van der Waals surface area contributed by atoms with Crippen LogP contribution in [0.15, 0.2) is 96.6 Å². The average Bonchev–Trinajstić information content (AvgIpc) is 3.67. The predicted octanol–water partition coefficient (Wildman–Crippen LogP) is 9.98. The number of methoxy groups -OCH3 is 2. The van der Waals surface area contributed by atoms with Crippen molar-refractivity contribution in [3.8, 4) is 16.9 Å². The number of hydrogen-bond donors (Lipinski definition) is 3. The highest BCUT2D eigenvalue weighted by Crippen LogP contribution is 2.58. The van der Waals surface area contributed by atoms with Crippen LogP contribution in [0.4, 0.5) is 4.79 Å².